The van der Waals surface area contributed by atoms with Crippen LogP contribution in [0.25, 0.3) is 22.3 Å². The topological polar surface area (TPSA) is 165 Å². The fourth-order valence-electron chi connectivity index (χ4n) is 4.24. The van der Waals surface area contributed by atoms with Crippen LogP contribution in [0, 0.1) is 16.7 Å². The Morgan fingerprint density at radius 3 is 1.64 bits per heavy atom. The van der Waals surface area contributed by atoms with Gasteiger partial charge in [0, 0.05) is 5.69 Å². The van der Waals surface area contributed by atoms with Gasteiger partial charge in [-0.3, -0.25) is 14.4 Å². The summed E-state index contributed by atoms with van der Waals surface area (Å²) in [7, 11) is 0. The highest BCUT2D eigenvalue weighted by Gasteiger charge is 2.50. The lowest BCUT2D eigenvalue weighted by molar-refractivity contribution is -0.119. The maximum absolute atomic E-state index is 12.3. The average molecular weight is 518 g/mol. The molecule has 0 heterocycles. The maximum atomic E-state index is 12.3. The zero-order chi connectivity index (χ0) is 28.0. The van der Waals surface area contributed by atoms with Gasteiger partial charge in [-0.05, 0) is 47.2 Å². The molecule has 1 aliphatic carbocycles. The number of rotatable bonds is 6. The summed E-state index contributed by atoms with van der Waals surface area (Å²) in [5, 5.41) is 11.8. The van der Waals surface area contributed by atoms with Crippen LogP contribution in [-0.4, -0.2) is 17.7 Å². The Morgan fingerprint density at radius 1 is 0.692 bits per heavy atom. The molecule has 3 amide bonds. The van der Waals surface area contributed by atoms with Gasteiger partial charge in [0.1, 0.15) is 5.41 Å². The minimum absolute atomic E-state index is 0.251. The largest absolute Gasteiger partial charge is 0.398 e. The first-order valence-electron chi connectivity index (χ1n) is 12.2. The predicted molar refractivity (Wildman–Crippen MR) is 151 cm³/mol. The first-order chi connectivity index (χ1) is 18.8. The monoisotopic (exact) mass is 517 g/mol. The van der Waals surface area contributed by atoms with Gasteiger partial charge in [0.25, 0.3) is 11.8 Å². The molecule has 0 spiro atoms. The van der Waals surface area contributed by atoms with Crippen molar-refractivity contribution < 1.29 is 14.4 Å². The number of nitrogen functional groups attached to an aromatic ring is 1. The van der Waals surface area contributed by atoms with E-state index in [1.165, 1.54) is 0 Å². The summed E-state index contributed by atoms with van der Waals surface area (Å²) in [5.74, 6) is -1.51. The minimum atomic E-state index is -0.961. The average Bonchev–Trinajstić information content (AvgIpc) is 3.75. The lowest BCUT2D eigenvalue weighted by atomic mass is 9.97. The molecule has 1 saturated carbocycles. The maximum Gasteiger partial charge on any atom is 0.251 e. The van der Waals surface area contributed by atoms with Crippen LogP contribution in [0.1, 0.15) is 33.6 Å². The van der Waals surface area contributed by atoms with E-state index in [0.717, 1.165) is 16.7 Å². The second-order valence-electron chi connectivity index (χ2n) is 9.11. The molecule has 0 atom stereocenters. The SMILES string of the molecule is N#CC1(C(=O)Nc2cccc(-c3ccccc3)c2C(N)=O)CC1.NC(=O)c1c(N)cccc1-c1ccccc1. The van der Waals surface area contributed by atoms with E-state index in [-0.39, 0.29) is 11.5 Å². The first-order valence-corrected chi connectivity index (χ1v) is 12.2. The molecule has 1 fully saturated rings. The summed E-state index contributed by atoms with van der Waals surface area (Å²) < 4.78 is 0. The van der Waals surface area contributed by atoms with Crippen LogP contribution >= 0.6 is 0 Å². The summed E-state index contributed by atoms with van der Waals surface area (Å²) in [6.45, 7) is 0. The number of hydrogen-bond donors (Lipinski definition) is 4. The van der Waals surface area contributed by atoms with Gasteiger partial charge in [0.2, 0.25) is 5.91 Å². The van der Waals surface area contributed by atoms with E-state index in [1.54, 1.807) is 24.3 Å². The third-order valence-electron chi connectivity index (χ3n) is 6.47. The van der Waals surface area contributed by atoms with Crippen molar-refractivity contribution in [3.63, 3.8) is 0 Å². The molecule has 0 unspecified atom stereocenters. The number of carbonyl (C=O) groups excluding carboxylic acids is 3. The van der Waals surface area contributed by atoms with Crippen molar-refractivity contribution in [1.82, 2.24) is 0 Å². The third-order valence-corrected chi connectivity index (χ3v) is 6.47. The van der Waals surface area contributed by atoms with Gasteiger partial charge in [0.15, 0.2) is 0 Å². The van der Waals surface area contributed by atoms with Crippen molar-refractivity contribution in [2.45, 2.75) is 12.8 Å². The van der Waals surface area contributed by atoms with Crippen molar-refractivity contribution in [3.8, 4) is 28.3 Å². The summed E-state index contributed by atoms with van der Waals surface area (Å²) in [6.07, 6.45) is 1.08. The zero-order valence-electron chi connectivity index (χ0n) is 21.1. The van der Waals surface area contributed by atoms with Crippen LogP contribution in [0.5, 0.6) is 0 Å². The van der Waals surface area contributed by atoms with Crippen molar-refractivity contribution in [1.29, 1.82) is 5.26 Å². The number of hydrogen-bond acceptors (Lipinski definition) is 5. The molecule has 0 radical (unpaired) electrons. The molecule has 194 valence electrons. The molecule has 0 aliphatic heterocycles. The first kappa shape index (κ1) is 26.6. The molecule has 8 heteroatoms. The molecule has 39 heavy (non-hydrogen) atoms. The van der Waals surface area contributed by atoms with E-state index in [4.69, 9.17) is 22.5 Å². The number of nitrogens with two attached hydrogens (primary N) is 3. The molecular weight excluding hydrogens is 490 g/mol. The summed E-state index contributed by atoms with van der Waals surface area (Å²) in [4.78, 5) is 35.6. The number of carbonyl (C=O) groups is 3. The van der Waals surface area contributed by atoms with Crippen molar-refractivity contribution in [2.24, 2.45) is 16.9 Å². The molecule has 5 rings (SSSR count). The Kier molecular flexibility index (Phi) is 7.73. The quantitative estimate of drug-likeness (QED) is 0.271. The molecular formula is C31H27N5O3. The number of primary amides is 2. The summed E-state index contributed by atoms with van der Waals surface area (Å²) >= 11 is 0. The van der Waals surface area contributed by atoms with Gasteiger partial charge in [-0.2, -0.15) is 5.26 Å². The number of benzene rings is 4. The summed E-state index contributed by atoms with van der Waals surface area (Å²) in [6, 6.07) is 31.4. The Bertz CT molecular complexity index is 1570. The number of nitriles is 1. The molecule has 4 aromatic rings. The molecule has 0 bridgehead atoms. The van der Waals surface area contributed by atoms with Gasteiger partial charge in [-0.1, -0.05) is 84.9 Å². The van der Waals surface area contributed by atoms with E-state index < -0.39 is 17.2 Å². The molecule has 1 aliphatic rings. The van der Waals surface area contributed by atoms with E-state index >= 15 is 0 Å². The van der Waals surface area contributed by atoms with Crippen LogP contribution in [-0.2, 0) is 4.79 Å². The van der Waals surface area contributed by atoms with E-state index in [0.29, 0.717) is 35.3 Å². The van der Waals surface area contributed by atoms with E-state index in [2.05, 4.69) is 5.32 Å². The van der Waals surface area contributed by atoms with Gasteiger partial charge < -0.3 is 22.5 Å². The molecule has 4 aromatic carbocycles. The van der Waals surface area contributed by atoms with Crippen molar-refractivity contribution >= 4 is 29.1 Å². The number of nitrogens with one attached hydrogen (secondary N) is 1. The van der Waals surface area contributed by atoms with Gasteiger partial charge >= 0.3 is 0 Å². The van der Waals surface area contributed by atoms with Crippen LogP contribution in [0.4, 0.5) is 11.4 Å². The molecule has 0 saturated heterocycles. The van der Waals surface area contributed by atoms with Crippen molar-refractivity contribution in [3.05, 3.63) is 108 Å². The molecule has 0 aromatic heterocycles. The van der Waals surface area contributed by atoms with E-state index in [9.17, 15) is 14.4 Å². The molecule has 7 N–H and O–H groups in total. The molecule has 8 nitrogen and oxygen atoms in total. The smallest absolute Gasteiger partial charge is 0.251 e. The van der Waals surface area contributed by atoms with Crippen LogP contribution in [0.15, 0.2) is 97.1 Å². The zero-order valence-corrected chi connectivity index (χ0v) is 21.1. The lowest BCUT2D eigenvalue weighted by Crippen LogP contribution is -2.25. The highest BCUT2D eigenvalue weighted by molar-refractivity contribution is 6.09. The van der Waals surface area contributed by atoms with Crippen LogP contribution < -0.4 is 22.5 Å². The Hall–Kier alpha value is -5.42. The highest BCUT2D eigenvalue weighted by Crippen LogP contribution is 2.46. The third kappa shape index (κ3) is 5.78. The van der Waals surface area contributed by atoms with Crippen molar-refractivity contribution in [2.75, 3.05) is 11.1 Å². The normalized spacial score (nSPS) is 12.7. The number of amides is 3. The van der Waals surface area contributed by atoms with Gasteiger partial charge in [-0.15, -0.1) is 0 Å². The Balaban J connectivity index is 0.000000193. The predicted octanol–water partition coefficient (Wildman–Crippen LogP) is 4.73. The van der Waals surface area contributed by atoms with Crippen LogP contribution in [0.2, 0.25) is 0 Å². The number of anilines is 2. The van der Waals surface area contributed by atoms with Gasteiger partial charge in [-0.25, -0.2) is 0 Å². The van der Waals surface area contributed by atoms with Crippen LogP contribution in [0.3, 0.4) is 0 Å². The fraction of sp³-hybridized carbons (Fsp3) is 0.0968. The second kappa shape index (κ2) is 11.3. The van der Waals surface area contributed by atoms with Gasteiger partial charge in [0.05, 0.1) is 22.9 Å². The standard InChI is InChI=1S/C18H15N3O2.C13H12N2O/c19-11-18(9-10-18)17(23)21-14-8-4-7-13(15(14)16(20)22)12-5-2-1-3-6-12;14-11-8-4-7-10(12(11)13(15)16)9-5-2-1-3-6-9/h1-8H,9-10H2,(H2,20,22)(H,21,23);1-8H,14H2,(H2,15,16). The number of nitrogens with zero attached hydrogens (tertiary/aromatic N) is 1. The fourth-order valence-corrected chi connectivity index (χ4v) is 4.24. The van der Waals surface area contributed by atoms with E-state index in [1.807, 2.05) is 78.9 Å². The second-order valence-corrected chi connectivity index (χ2v) is 9.11. The lowest BCUT2D eigenvalue weighted by Gasteiger charge is -2.15. The Labute approximate surface area is 226 Å². The minimum Gasteiger partial charge on any atom is -0.398 e. The highest BCUT2D eigenvalue weighted by atomic mass is 16.2. The Morgan fingerprint density at radius 2 is 1.18 bits per heavy atom. The summed E-state index contributed by atoms with van der Waals surface area (Å²) in [5.41, 5.74) is 20.2.